The summed E-state index contributed by atoms with van der Waals surface area (Å²) >= 11 is 3.91. The molecule has 0 saturated carbocycles. The zero-order valence-electron chi connectivity index (χ0n) is 8.23. The average Bonchev–Trinajstić information content (AvgIpc) is 2.44. The second kappa shape index (κ2) is 3.94. The predicted molar refractivity (Wildman–Crippen MR) is 60.9 cm³/mol. The second-order valence-electron chi connectivity index (χ2n) is 3.93. The average molecular weight is 233 g/mol. The van der Waals surface area contributed by atoms with E-state index in [0.717, 1.165) is 13.0 Å². The van der Waals surface area contributed by atoms with E-state index < -0.39 is 5.97 Å². The van der Waals surface area contributed by atoms with E-state index in [1.165, 1.54) is 17.9 Å². The zero-order chi connectivity index (χ0) is 10.2. The lowest BCUT2D eigenvalue weighted by Gasteiger charge is -2.31. The van der Waals surface area contributed by atoms with Gasteiger partial charge in [-0.15, -0.1) is 23.5 Å². The Hall–Kier alpha value is 0.130. The number of carboxylic acids is 1. The highest BCUT2D eigenvalue weighted by molar-refractivity contribution is 8.18. The van der Waals surface area contributed by atoms with Crippen molar-refractivity contribution in [2.75, 3.05) is 25.1 Å². The van der Waals surface area contributed by atoms with Crippen LogP contribution >= 0.6 is 23.5 Å². The zero-order valence-corrected chi connectivity index (χ0v) is 9.87. The van der Waals surface area contributed by atoms with E-state index in [1.807, 2.05) is 35.5 Å². The molecule has 0 aromatic rings. The number of hydrogen-bond acceptors (Lipinski definition) is 4. The number of likely N-dealkylation sites (tertiary alicyclic amines) is 1. The van der Waals surface area contributed by atoms with E-state index in [0.29, 0.717) is 0 Å². The maximum Gasteiger partial charge on any atom is 0.320 e. The molecule has 80 valence electrons. The first-order valence-electron chi connectivity index (χ1n) is 4.84. The van der Waals surface area contributed by atoms with Crippen molar-refractivity contribution < 1.29 is 9.90 Å². The molecule has 2 rings (SSSR count). The van der Waals surface area contributed by atoms with Gasteiger partial charge in [-0.1, -0.05) is 0 Å². The summed E-state index contributed by atoms with van der Waals surface area (Å²) in [4.78, 5) is 13.0. The molecule has 5 heteroatoms. The van der Waals surface area contributed by atoms with Crippen LogP contribution in [-0.2, 0) is 4.79 Å². The lowest BCUT2D eigenvalue weighted by Crippen LogP contribution is -2.32. The van der Waals surface area contributed by atoms with Crippen LogP contribution in [-0.4, -0.2) is 51.2 Å². The third-order valence-corrected chi connectivity index (χ3v) is 6.17. The SMILES string of the molecule is CN1CC2(C[C@H]1C(=O)O)SCCCS2. The molecule has 1 atom stereocenters. The van der Waals surface area contributed by atoms with Gasteiger partial charge in [0.15, 0.2) is 0 Å². The van der Waals surface area contributed by atoms with Crippen molar-refractivity contribution in [2.24, 2.45) is 0 Å². The van der Waals surface area contributed by atoms with Gasteiger partial charge in [-0.05, 0) is 31.4 Å². The Labute approximate surface area is 92.6 Å². The van der Waals surface area contributed by atoms with Crippen LogP contribution < -0.4 is 0 Å². The molecule has 0 radical (unpaired) electrons. The fourth-order valence-electron chi connectivity index (χ4n) is 2.11. The lowest BCUT2D eigenvalue weighted by atomic mass is 10.2. The van der Waals surface area contributed by atoms with Crippen LogP contribution in [0, 0.1) is 0 Å². The number of nitrogens with zero attached hydrogens (tertiary/aromatic N) is 1. The van der Waals surface area contributed by atoms with Crippen molar-refractivity contribution in [3.63, 3.8) is 0 Å². The van der Waals surface area contributed by atoms with Gasteiger partial charge in [-0.2, -0.15) is 0 Å². The standard InChI is InChI=1S/C9H15NO2S2/c1-10-6-9(5-7(10)8(11)12)13-3-2-4-14-9/h7H,2-6H2,1H3,(H,11,12)/t7-/m0/s1. The Bertz CT molecular complexity index is 241. The second-order valence-corrected chi connectivity index (χ2v) is 7.15. The highest BCUT2D eigenvalue weighted by Crippen LogP contribution is 2.49. The largest absolute Gasteiger partial charge is 0.480 e. The van der Waals surface area contributed by atoms with Crippen LogP contribution in [0.25, 0.3) is 0 Å². The molecule has 2 fully saturated rings. The van der Waals surface area contributed by atoms with Crippen LogP contribution in [0.3, 0.4) is 0 Å². The van der Waals surface area contributed by atoms with Crippen molar-refractivity contribution in [1.82, 2.24) is 4.90 Å². The van der Waals surface area contributed by atoms with Gasteiger partial charge in [0.1, 0.15) is 6.04 Å². The van der Waals surface area contributed by atoms with Gasteiger partial charge < -0.3 is 5.11 Å². The van der Waals surface area contributed by atoms with Gasteiger partial charge in [0.25, 0.3) is 0 Å². The molecule has 2 heterocycles. The topological polar surface area (TPSA) is 40.5 Å². The van der Waals surface area contributed by atoms with Gasteiger partial charge in [0.05, 0.1) is 4.08 Å². The molecule has 0 aliphatic carbocycles. The van der Waals surface area contributed by atoms with E-state index in [4.69, 9.17) is 5.11 Å². The summed E-state index contributed by atoms with van der Waals surface area (Å²) in [7, 11) is 1.92. The highest BCUT2D eigenvalue weighted by Gasteiger charge is 2.47. The number of carbonyl (C=O) groups is 1. The molecular weight excluding hydrogens is 218 g/mol. The van der Waals surface area contributed by atoms with Crippen molar-refractivity contribution in [3.05, 3.63) is 0 Å². The van der Waals surface area contributed by atoms with Crippen molar-refractivity contribution in [3.8, 4) is 0 Å². The van der Waals surface area contributed by atoms with Crippen LogP contribution in [0.2, 0.25) is 0 Å². The lowest BCUT2D eigenvalue weighted by molar-refractivity contribution is -0.141. The van der Waals surface area contributed by atoms with Crippen LogP contribution in [0.15, 0.2) is 0 Å². The number of likely N-dealkylation sites (N-methyl/N-ethyl adjacent to an activating group) is 1. The monoisotopic (exact) mass is 233 g/mol. The molecule has 0 aromatic heterocycles. The van der Waals surface area contributed by atoms with Gasteiger partial charge >= 0.3 is 5.97 Å². The van der Waals surface area contributed by atoms with Crippen LogP contribution in [0.4, 0.5) is 0 Å². The maximum atomic E-state index is 11.0. The molecule has 2 saturated heterocycles. The van der Waals surface area contributed by atoms with Gasteiger partial charge in [-0.25, -0.2) is 0 Å². The fraction of sp³-hybridized carbons (Fsp3) is 0.889. The summed E-state index contributed by atoms with van der Waals surface area (Å²) in [6, 6.07) is -0.270. The van der Waals surface area contributed by atoms with E-state index in [2.05, 4.69) is 0 Å². The van der Waals surface area contributed by atoms with Crippen molar-refractivity contribution in [2.45, 2.75) is 23.0 Å². The Morgan fingerprint density at radius 2 is 2.14 bits per heavy atom. The Kier molecular flexibility index (Phi) is 3.00. The Morgan fingerprint density at radius 1 is 1.50 bits per heavy atom. The molecule has 1 N–H and O–H groups in total. The molecule has 3 nitrogen and oxygen atoms in total. The minimum atomic E-state index is -0.670. The van der Waals surface area contributed by atoms with E-state index in [9.17, 15) is 4.79 Å². The maximum absolute atomic E-state index is 11.0. The summed E-state index contributed by atoms with van der Waals surface area (Å²) < 4.78 is 0.177. The highest BCUT2D eigenvalue weighted by atomic mass is 32.2. The molecule has 1 spiro atoms. The van der Waals surface area contributed by atoms with Gasteiger partial charge in [-0.3, -0.25) is 9.69 Å². The number of aliphatic carboxylic acids is 1. The quantitative estimate of drug-likeness (QED) is 0.740. The number of rotatable bonds is 1. The predicted octanol–water partition coefficient (Wildman–Crippen LogP) is 1.34. The molecule has 0 bridgehead atoms. The van der Waals surface area contributed by atoms with E-state index >= 15 is 0 Å². The fourth-order valence-corrected chi connectivity index (χ4v) is 5.59. The number of hydrogen-bond donors (Lipinski definition) is 1. The molecule has 0 unspecified atom stereocenters. The summed E-state index contributed by atoms with van der Waals surface area (Å²) in [6.45, 7) is 0.916. The normalized spacial score (nSPS) is 32.2. The first-order valence-corrected chi connectivity index (χ1v) is 6.81. The molecule has 0 aromatic carbocycles. The third-order valence-electron chi connectivity index (χ3n) is 2.83. The number of thioether (sulfide) groups is 2. The molecular formula is C9H15NO2S2. The first kappa shape index (κ1) is 10.6. The van der Waals surface area contributed by atoms with Crippen LogP contribution in [0.1, 0.15) is 12.8 Å². The Balaban J connectivity index is 2.06. The minimum absolute atomic E-state index is 0.177. The minimum Gasteiger partial charge on any atom is -0.480 e. The van der Waals surface area contributed by atoms with E-state index in [-0.39, 0.29) is 10.1 Å². The first-order chi connectivity index (χ1) is 6.63. The van der Waals surface area contributed by atoms with Crippen molar-refractivity contribution >= 4 is 29.5 Å². The van der Waals surface area contributed by atoms with Crippen molar-refractivity contribution in [1.29, 1.82) is 0 Å². The van der Waals surface area contributed by atoms with E-state index in [1.54, 1.807) is 0 Å². The molecule has 14 heavy (non-hydrogen) atoms. The van der Waals surface area contributed by atoms with Gasteiger partial charge in [0, 0.05) is 6.54 Å². The van der Waals surface area contributed by atoms with Crippen LogP contribution in [0.5, 0.6) is 0 Å². The summed E-state index contributed by atoms with van der Waals surface area (Å²) in [5, 5.41) is 9.04. The summed E-state index contributed by atoms with van der Waals surface area (Å²) in [5.74, 6) is 1.71. The molecule has 0 amide bonds. The summed E-state index contributed by atoms with van der Waals surface area (Å²) in [5.41, 5.74) is 0. The van der Waals surface area contributed by atoms with Gasteiger partial charge in [0.2, 0.25) is 0 Å². The summed E-state index contributed by atoms with van der Waals surface area (Å²) in [6.07, 6.45) is 2.06. The molecule has 2 aliphatic heterocycles. The third kappa shape index (κ3) is 1.90. The number of carboxylic acid groups (broad SMARTS) is 1. The Morgan fingerprint density at radius 3 is 2.64 bits per heavy atom. The molecule has 2 aliphatic rings. The smallest absolute Gasteiger partial charge is 0.320 e.